The van der Waals surface area contributed by atoms with Crippen molar-refractivity contribution >= 4 is 35.3 Å². The zero-order valence-electron chi connectivity index (χ0n) is 25.0. The monoisotopic (exact) mass is 642 g/mol. The zero-order chi connectivity index (χ0) is 33.3. The van der Waals surface area contributed by atoms with Crippen LogP contribution in [0.15, 0.2) is 89.2 Å². The molecule has 234 valence electrons. The highest BCUT2D eigenvalue weighted by molar-refractivity contribution is 7.13. The Kier molecular flexibility index (Phi) is 10.7. The number of hydrogen-bond donors (Lipinski definition) is 1. The Hall–Kier alpha value is -5.28. The Morgan fingerprint density at radius 2 is 1.65 bits per heavy atom. The molecule has 46 heavy (non-hydrogen) atoms. The molecule has 1 aromatic heterocycles. The van der Waals surface area contributed by atoms with Crippen molar-refractivity contribution in [1.29, 1.82) is 15.8 Å². The lowest BCUT2D eigenvalue weighted by Gasteiger charge is -2.33. The number of aliphatic hydroxyl groups is 1. The van der Waals surface area contributed by atoms with Gasteiger partial charge in [0, 0.05) is 51.3 Å². The van der Waals surface area contributed by atoms with E-state index in [-0.39, 0.29) is 12.2 Å². The Labute approximate surface area is 269 Å². The van der Waals surface area contributed by atoms with E-state index < -0.39 is 34.3 Å². The number of benzene rings is 2. The van der Waals surface area contributed by atoms with Crippen LogP contribution in [0.1, 0.15) is 34.2 Å². The van der Waals surface area contributed by atoms with Gasteiger partial charge in [0.05, 0.1) is 13.7 Å². The summed E-state index contributed by atoms with van der Waals surface area (Å²) in [6, 6.07) is 20.9. The number of aliphatic hydroxyl groups excluding tert-OH is 1. The summed E-state index contributed by atoms with van der Waals surface area (Å²) in [7, 11) is 1.57. The van der Waals surface area contributed by atoms with E-state index in [0.29, 0.717) is 17.2 Å². The van der Waals surface area contributed by atoms with Crippen LogP contribution in [0.25, 0.3) is 18.2 Å². The molecular weight excluding hydrogens is 613 g/mol. The van der Waals surface area contributed by atoms with Gasteiger partial charge in [-0.05, 0) is 48.9 Å². The lowest BCUT2D eigenvalue weighted by Crippen LogP contribution is -2.43. The van der Waals surface area contributed by atoms with Gasteiger partial charge in [0.15, 0.2) is 11.3 Å². The number of methoxy groups -OCH3 is 1. The van der Waals surface area contributed by atoms with Crippen molar-refractivity contribution < 1.29 is 27.8 Å². The summed E-state index contributed by atoms with van der Waals surface area (Å²) in [5, 5.41) is 38.2. The second-order valence-electron chi connectivity index (χ2n) is 10.0. The van der Waals surface area contributed by atoms with Gasteiger partial charge in [-0.3, -0.25) is 0 Å². The Bertz CT molecular complexity index is 1800. The molecule has 1 N–H and O–H groups in total. The van der Waals surface area contributed by atoms with E-state index in [9.17, 15) is 34.1 Å². The molecule has 1 aliphatic heterocycles. The summed E-state index contributed by atoms with van der Waals surface area (Å²) in [6.07, 6.45) is 2.19. The first-order valence-corrected chi connectivity index (χ1v) is 15.0. The van der Waals surface area contributed by atoms with Crippen molar-refractivity contribution in [3.8, 4) is 24.0 Å². The predicted molar refractivity (Wildman–Crippen MR) is 171 cm³/mol. The van der Waals surface area contributed by atoms with E-state index in [1.54, 1.807) is 43.5 Å². The molecule has 0 bridgehead atoms. The van der Waals surface area contributed by atoms with Crippen LogP contribution in [-0.4, -0.2) is 38.1 Å². The fourth-order valence-corrected chi connectivity index (χ4v) is 5.93. The van der Waals surface area contributed by atoms with Crippen molar-refractivity contribution in [1.82, 2.24) is 0 Å². The van der Waals surface area contributed by atoms with Gasteiger partial charge in [-0.1, -0.05) is 43.3 Å². The number of alkyl halides is 3. The average molecular weight is 643 g/mol. The van der Waals surface area contributed by atoms with Crippen LogP contribution in [0, 0.1) is 34.0 Å². The minimum atomic E-state index is -5.06. The first-order chi connectivity index (χ1) is 22.2. The Morgan fingerprint density at radius 1 is 0.978 bits per heavy atom. The van der Waals surface area contributed by atoms with E-state index in [1.165, 1.54) is 41.7 Å². The molecule has 0 fully saturated rings. The molecular formula is C35H29F3N4O3S. The van der Waals surface area contributed by atoms with E-state index in [1.807, 2.05) is 30.4 Å². The third-order valence-corrected chi connectivity index (χ3v) is 8.22. The van der Waals surface area contributed by atoms with Crippen molar-refractivity contribution in [3.63, 3.8) is 0 Å². The molecule has 1 atom stereocenters. The SMILES string of the molecule is CCCN(CCO)c1ccc(/C=C/c2ccc(/C=C/C3=C(C#N)C(=C(C#N)C#N)OC3(c3ccccc3)C(F)(F)F)s2)c(OC)c1. The Morgan fingerprint density at radius 3 is 2.22 bits per heavy atom. The minimum Gasteiger partial charge on any atom is -0.496 e. The molecule has 1 unspecified atom stereocenters. The largest absolute Gasteiger partial charge is 0.496 e. The topological polar surface area (TPSA) is 113 Å². The number of nitrogens with zero attached hydrogens (tertiary/aromatic N) is 4. The number of nitriles is 3. The second kappa shape index (κ2) is 14.7. The normalized spacial score (nSPS) is 16.3. The molecule has 0 spiro atoms. The van der Waals surface area contributed by atoms with Gasteiger partial charge in [0.1, 0.15) is 29.5 Å². The molecule has 4 rings (SSSR count). The molecule has 2 aromatic carbocycles. The van der Waals surface area contributed by atoms with Crippen molar-refractivity contribution in [2.45, 2.75) is 25.1 Å². The molecule has 0 saturated carbocycles. The third-order valence-electron chi connectivity index (χ3n) is 7.21. The maximum absolute atomic E-state index is 15.0. The first kappa shape index (κ1) is 33.6. The number of anilines is 1. The number of thiophene rings is 1. The number of rotatable bonds is 11. The van der Waals surface area contributed by atoms with Crippen LogP contribution in [0.5, 0.6) is 5.75 Å². The summed E-state index contributed by atoms with van der Waals surface area (Å²) in [4.78, 5) is 3.47. The van der Waals surface area contributed by atoms with Crippen LogP contribution < -0.4 is 9.64 Å². The molecule has 3 aromatic rings. The van der Waals surface area contributed by atoms with Gasteiger partial charge in [-0.15, -0.1) is 11.3 Å². The quantitative estimate of drug-likeness (QED) is 0.213. The smallest absolute Gasteiger partial charge is 0.437 e. The standard InChI is InChI=1S/C35H29F3N4O3S/c1-3-17-42(18-19-43)27-11-9-24(32(20-27)44-2)10-12-28-13-14-29(46-28)15-16-31-30(23-41)33(25(21-39)22-40)45-34(31,35(36,37)38)26-7-5-4-6-8-26/h4-16,20,43H,3,17-19H2,1-2H3/b12-10+,16-15+. The molecule has 11 heteroatoms. The lowest BCUT2D eigenvalue weighted by molar-refractivity contribution is -0.249. The lowest BCUT2D eigenvalue weighted by atomic mass is 9.84. The van der Waals surface area contributed by atoms with Gasteiger partial charge >= 0.3 is 6.18 Å². The van der Waals surface area contributed by atoms with Gasteiger partial charge in [-0.2, -0.15) is 29.0 Å². The zero-order valence-corrected chi connectivity index (χ0v) is 25.8. The maximum atomic E-state index is 15.0. The maximum Gasteiger partial charge on any atom is 0.437 e. The fraction of sp³-hybridized carbons (Fsp3) is 0.229. The summed E-state index contributed by atoms with van der Waals surface area (Å²) in [5.41, 5.74) is -3.48. The van der Waals surface area contributed by atoms with Crippen LogP contribution in [0.4, 0.5) is 18.9 Å². The Balaban J connectivity index is 1.71. The van der Waals surface area contributed by atoms with Crippen LogP contribution >= 0.6 is 11.3 Å². The molecule has 7 nitrogen and oxygen atoms in total. The molecule has 1 aliphatic rings. The summed E-state index contributed by atoms with van der Waals surface area (Å²) in [5.74, 6) is -0.0682. The van der Waals surface area contributed by atoms with Crippen LogP contribution in [0.2, 0.25) is 0 Å². The van der Waals surface area contributed by atoms with Gasteiger partial charge < -0.3 is 19.5 Å². The number of hydrogen-bond acceptors (Lipinski definition) is 8. The average Bonchev–Trinajstić information content (AvgIpc) is 3.66. The van der Waals surface area contributed by atoms with Crippen molar-refractivity contribution in [3.05, 3.63) is 110 Å². The summed E-state index contributed by atoms with van der Waals surface area (Å²) < 4.78 is 56.0. The van der Waals surface area contributed by atoms with Gasteiger partial charge in [0.25, 0.3) is 5.60 Å². The predicted octanol–water partition coefficient (Wildman–Crippen LogP) is 7.76. The number of allylic oxidation sites excluding steroid dienone is 2. The van der Waals surface area contributed by atoms with E-state index >= 15 is 0 Å². The van der Waals surface area contributed by atoms with Crippen LogP contribution in [0.3, 0.4) is 0 Å². The number of ether oxygens (including phenoxy) is 2. The van der Waals surface area contributed by atoms with Gasteiger partial charge in [0.2, 0.25) is 0 Å². The minimum absolute atomic E-state index is 0.0311. The fourth-order valence-electron chi connectivity index (χ4n) is 5.11. The highest BCUT2D eigenvalue weighted by Gasteiger charge is 2.65. The van der Waals surface area contributed by atoms with Crippen molar-refractivity contribution in [2.75, 3.05) is 31.7 Å². The van der Waals surface area contributed by atoms with E-state index in [2.05, 4.69) is 11.8 Å². The van der Waals surface area contributed by atoms with Crippen LogP contribution in [-0.2, 0) is 10.3 Å². The molecule has 2 heterocycles. The van der Waals surface area contributed by atoms with E-state index in [4.69, 9.17) is 9.47 Å². The second-order valence-corrected chi connectivity index (χ2v) is 11.2. The first-order valence-electron chi connectivity index (χ1n) is 14.2. The van der Waals surface area contributed by atoms with Crippen molar-refractivity contribution in [2.24, 2.45) is 0 Å². The highest BCUT2D eigenvalue weighted by atomic mass is 32.1. The molecule has 0 saturated heterocycles. The summed E-state index contributed by atoms with van der Waals surface area (Å²) >= 11 is 1.30. The third kappa shape index (κ3) is 6.69. The summed E-state index contributed by atoms with van der Waals surface area (Å²) in [6.45, 7) is 3.38. The molecule has 0 amide bonds. The molecule has 0 aliphatic carbocycles. The van der Waals surface area contributed by atoms with Gasteiger partial charge in [-0.25, -0.2) is 0 Å². The highest BCUT2D eigenvalue weighted by Crippen LogP contribution is 2.56. The number of halogens is 3. The molecule has 0 radical (unpaired) electrons. The van der Waals surface area contributed by atoms with E-state index in [0.717, 1.165) is 35.2 Å².